The molecule has 0 spiro atoms. The molecular formula is C26H25B3N4O5S. The molecule has 0 saturated carbocycles. The molecule has 6 radical (unpaired) electrons. The number of hydrogen-bond acceptors (Lipinski definition) is 7. The lowest BCUT2D eigenvalue weighted by molar-refractivity contribution is 0.0725. The molecule has 2 amide bonds. The number of thiophene rings is 1. The van der Waals surface area contributed by atoms with Gasteiger partial charge in [0.05, 0.1) is 48.6 Å². The van der Waals surface area contributed by atoms with Crippen molar-refractivity contribution in [3.63, 3.8) is 0 Å². The molecule has 194 valence electrons. The number of methoxy groups -OCH3 is 1. The molecule has 39 heavy (non-hydrogen) atoms. The zero-order chi connectivity index (χ0) is 27.9. The first-order chi connectivity index (χ1) is 18.6. The van der Waals surface area contributed by atoms with E-state index in [-0.39, 0.29) is 32.0 Å². The monoisotopic (exact) mass is 538 g/mol. The third-order valence-electron chi connectivity index (χ3n) is 6.49. The van der Waals surface area contributed by atoms with Gasteiger partial charge in [-0.1, -0.05) is 16.9 Å². The van der Waals surface area contributed by atoms with Crippen LogP contribution in [0.1, 0.15) is 35.5 Å². The topological polar surface area (TPSA) is 86.1 Å². The molecule has 4 heterocycles. The summed E-state index contributed by atoms with van der Waals surface area (Å²) in [5, 5.41) is 6.59. The zero-order valence-electron chi connectivity index (χ0n) is 22.0. The summed E-state index contributed by atoms with van der Waals surface area (Å²) >= 11 is 1.51. The molecule has 2 aliphatic heterocycles. The Balaban J connectivity index is 1.62. The van der Waals surface area contributed by atoms with Gasteiger partial charge in [0.15, 0.2) is 5.69 Å². The van der Waals surface area contributed by atoms with Gasteiger partial charge in [-0.2, -0.15) is 16.4 Å². The summed E-state index contributed by atoms with van der Waals surface area (Å²) in [5.74, 6) is 0.698. The summed E-state index contributed by atoms with van der Waals surface area (Å²) in [6.45, 7) is 4.90. The molecule has 2 aliphatic rings. The first kappa shape index (κ1) is 27.0. The van der Waals surface area contributed by atoms with E-state index in [0.29, 0.717) is 29.3 Å². The first-order valence-corrected chi connectivity index (χ1v) is 13.3. The fourth-order valence-corrected chi connectivity index (χ4v) is 5.30. The van der Waals surface area contributed by atoms with Crippen molar-refractivity contribution in [1.29, 1.82) is 0 Å². The van der Waals surface area contributed by atoms with Crippen molar-refractivity contribution < 1.29 is 23.8 Å². The number of carbonyl (C=O) groups excluding carboxylic acids is 2. The number of cyclic esters (lactones) is 1. The summed E-state index contributed by atoms with van der Waals surface area (Å²) in [4.78, 5) is 28.4. The molecule has 3 aromatic rings. The lowest BCUT2D eigenvalue weighted by Gasteiger charge is -2.38. The van der Waals surface area contributed by atoms with Gasteiger partial charge in [0.25, 0.3) is 5.91 Å². The number of amides is 2. The van der Waals surface area contributed by atoms with Crippen molar-refractivity contribution >= 4 is 53.0 Å². The number of aromatic nitrogens is 2. The maximum atomic E-state index is 14.0. The van der Waals surface area contributed by atoms with Crippen LogP contribution in [0.25, 0.3) is 23.0 Å². The molecule has 9 nitrogen and oxygen atoms in total. The number of nitrogens with zero attached hydrogens (tertiary/aromatic N) is 4. The third kappa shape index (κ3) is 5.19. The van der Waals surface area contributed by atoms with E-state index in [1.54, 1.807) is 11.8 Å². The maximum absolute atomic E-state index is 14.0. The van der Waals surface area contributed by atoms with Crippen molar-refractivity contribution in [2.24, 2.45) is 0 Å². The summed E-state index contributed by atoms with van der Waals surface area (Å²) in [5.41, 5.74) is 4.89. The molecule has 1 saturated heterocycles. The molecule has 1 aromatic carbocycles. The smallest absolute Gasteiger partial charge is 0.409 e. The Morgan fingerprint density at radius 3 is 2.69 bits per heavy atom. The van der Waals surface area contributed by atoms with E-state index >= 15 is 0 Å². The highest BCUT2D eigenvalue weighted by atomic mass is 32.1. The van der Waals surface area contributed by atoms with Crippen LogP contribution in [-0.4, -0.2) is 93.7 Å². The predicted octanol–water partition coefficient (Wildman–Crippen LogP) is 2.94. The number of allylic oxidation sites excluding steroid dienone is 1. The molecule has 13 heteroatoms. The van der Waals surface area contributed by atoms with Crippen molar-refractivity contribution in [2.45, 2.75) is 25.7 Å². The average Bonchev–Trinajstić information content (AvgIpc) is 3.62. The number of hydrogen-bond donors (Lipinski definition) is 0. The van der Waals surface area contributed by atoms with E-state index in [1.807, 2.05) is 48.9 Å². The van der Waals surface area contributed by atoms with Gasteiger partial charge in [0.2, 0.25) is 0 Å². The van der Waals surface area contributed by atoms with Crippen LogP contribution in [0.5, 0.6) is 11.5 Å². The second kappa shape index (κ2) is 10.5. The molecule has 5 rings (SSSR count). The molecule has 1 fully saturated rings. The molecular weight excluding hydrogens is 513 g/mol. The number of rotatable bonds is 8. The summed E-state index contributed by atoms with van der Waals surface area (Å²) in [6, 6.07) is 5.72. The molecule has 0 aliphatic carbocycles. The van der Waals surface area contributed by atoms with Crippen LogP contribution in [0.2, 0.25) is 0 Å². The van der Waals surface area contributed by atoms with Crippen LogP contribution in [0.4, 0.5) is 4.79 Å². The van der Waals surface area contributed by atoms with E-state index in [9.17, 15) is 9.59 Å². The van der Waals surface area contributed by atoms with Crippen molar-refractivity contribution in [3.05, 3.63) is 51.4 Å². The fourth-order valence-electron chi connectivity index (χ4n) is 4.68. The van der Waals surface area contributed by atoms with E-state index in [4.69, 9.17) is 42.8 Å². The highest BCUT2D eigenvalue weighted by Crippen LogP contribution is 2.44. The number of carbonyl (C=O) groups is 2. The van der Waals surface area contributed by atoms with Gasteiger partial charge in [-0.25, -0.2) is 9.48 Å². The standard InChI is InChI=1S/C26H25B3N4O5S/c1-15(2)10-16-11-18-21(12-20(16)36-3)38-13-19-22(30-33(23(18)19)17-4-9-39-14-17)24(34)32(26(27,28)29)6-5-31-7-8-37-25(31)35/h4,9-12,14H,5-8,13H2,1-3H3. The highest BCUT2D eigenvalue weighted by molar-refractivity contribution is 7.08. The summed E-state index contributed by atoms with van der Waals surface area (Å²) in [7, 11) is 19.7. The second-order valence-electron chi connectivity index (χ2n) is 9.62. The van der Waals surface area contributed by atoms with Gasteiger partial charge < -0.3 is 24.0 Å². The lowest BCUT2D eigenvalue weighted by atomic mass is 9.48. The van der Waals surface area contributed by atoms with E-state index < -0.39 is 17.2 Å². The van der Waals surface area contributed by atoms with E-state index in [1.165, 1.54) is 16.2 Å². The predicted molar refractivity (Wildman–Crippen MR) is 151 cm³/mol. The minimum absolute atomic E-state index is 0.0170. The van der Waals surface area contributed by atoms with Gasteiger partial charge in [0.1, 0.15) is 24.7 Å². The Labute approximate surface area is 234 Å². The molecule has 0 unspecified atom stereocenters. The number of ether oxygens (including phenoxy) is 3. The Bertz CT molecular complexity index is 1440. The first-order valence-electron chi connectivity index (χ1n) is 12.3. The Morgan fingerprint density at radius 2 is 2.08 bits per heavy atom. The van der Waals surface area contributed by atoms with Gasteiger partial charge >= 0.3 is 6.09 Å². The van der Waals surface area contributed by atoms with E-state index in [2.05, 4.69) is 0 Å². The van der Waals surface area contributed by atoms with Crippen molar-refractivity contribution in [2.75, 3.05) is 33.4 Å². The van der Waals surface area contributed by atoms with Crippen molar-refractivity contribution in [3.8, 4) is 28.4 Å². The van der Waals surface area contributed by atoms with Gasteiger partial charge in [-0.15, -0.1) is 0 Å². The Morgan fingerprint density at radius 1 is 1.28 bits per heavy atom. The lowest BCUT2D eigenvalue weighted by Crippen LogP contribution is -2.56. The number of fused-ring (bicyclic) bond motifs is 3. The normalized spacial score (nSPS) is 14.2. The maximum Gasteiger partial charge on any atom is 0.409 e. The second-order valence-corrected chi connectivity index (χ2v) is 10.4. The van der Waals surface area contributed by atoms with Crippen LogP contribution in [0, 0.1) is 0 Å². The van der Waals surface area contributed by atoms with Crippen LogP contribution < -0.4 is 9.47 Å². The molecule has 0 N–H and O–H groups in total. The number of benzene rings is 1. The van der Waals surface area contributed by atoms with Gasteiger partial charge in [0, 0.05) is 41.2 Å². The van der Waals surface area contributed by atoms with Crippen LogP contribution >= 0.6 is 11.3 Å². The van der Waals surface area contributed by atoms with Gasteiger partial charge in [-0.3, -0.25) is 4.79 Å². The van der Waals surface area contributed by atoms with Crippen LogP contribution in [0.15, 0.2) is 34.5 Å². The average molecular weight is 538 g/mol. The third-order valence-corrected chi connectivity index (χ3v) is 7.16. The van der Waals surface area contributed by atoms with Gasteiger partial charge in [-0.05, 0) is 31.4 Å². The minimum atomic E-state index is -2.00. The Kier molecular flexibility index (Phi) is 7.28. The minimum Gasteiger partial charge on any atom is -0.496 e. The fraction of sp³-hybridized carbons (Fsp3) is 0.346. The largest absolute Gasteiger partial charge is 0.496 e. The summed E-state index contributed by atoms with van der Waals surface area (Å²) < 4.78 is 18.4. The quantitative estimate of drug-likeness (QED) is 0.411. The van der Waals surface area contributed by atoms with E-state index in [0.717, 1.165) is 27.3 Å². The SMILES string of the molecule is [B]C([B])([B])N(CCN1CCOC1=O)C(=O)c1nn(-c2ccsc2)c2c1COc1cc(OC)c(C=C(C)C)cc1-2. The van der Waals surface area contributed by atoms with Crippen LogP contribution in [-0.2, 0) is 11.3 Å². The molecule has 0 bridgehead atoms. The molecule has 2 aromatic heterocycles. The summed E-state index contributed by atoms with van der Waals surface area (Å²) in [6.07, 6.45) is 1.55. The van der Waals surface area contributed by atoms with Crippen LogP contribution in [0.3, 0.4) is 0 Å². The Hall–Kier alpha value is -3.60. The zero-order valence-corrected chi connectivity index (χ0v) is 22.8. The van der Waals surface area contributed by atoms with Crippen molar-refractivity contribution in [1.82, 2.24) is 19.6 Å². The highest BCUT2D eigenvalue weighted by Gasteiger charge is 2.36. The molecule has 0 atom stereocenters.